The summed E-state index contributed by atoms with van der Waals surface area (Å²) < 4.78 is 12.8. The second-order valence-electron chi connectivity index (χ2n) is 5.12. The van der Waals surface area contributed by atoms with Crippen molar-refractivity contribution in [1.29, 1.82) is 0 Å². The van der Waals surface area contributed by atoms with Crippen LogP contribution in [0.5, 0.6) is 0 Å². The molecule has 1 aromatic heterocycles. The van der Waals surface area contributed by atoms with E-state index in [1.807, 2.05) is 36.4 Å². The van der Waals surface area contributed by atoms with Crippen molar-refractivity contribution in [2.24, 2.45) is 5.16 Å². The van der Waals surface area contributed by atoms with E-state index in [9.17, 15) is 4.39 Å². The first-order chi connectivity index (χ1) is 12.2. The average molecular weight is 373 g/mol. The van der Waals surface area contributed by atoms with Gasteiger partial charge in [-0.2, -0.15) is 0 Å². The topological polar surface area (TPSA) is 34.5 Å². The largest absolute Gasteiger partial charge is 0.391 e. The summed E-state index contributed by atoms with van der Waals surface area (Å²) in [5.74, 6) is -0.269. The third kappa shape index (κ3) is 5.59. The minimum absolute atomic E-state index is 0.269. The van der Waals surface area contributed by atoms with Crippen LogP contribution in [0, 0.1) is 5.82 Å². The summed E-state index contributed by atoms with van der Waals surface area (Å²) in [4.78, 5) is 10.7. The predicted octanol–water partition coefficient (Wildman–Crippen LogP) is 5.58. The molecule has 126 valence electrons. The lowest BCUT2D eigenvalue weighted by Crippen LogP contribution is -1.89. The predicted molar refractivity (Wildman–Crippen MR) is 98.6 cm³/mol. The average Bonchev–Trinajstić information content (AvgIpc) is 2.63. The fourth-order valence-electron chi connectivity index (χ4n) is 1.94. The van der Waals surface area contributed by atoms with Gasteiger partial charge in [0.15, 0.2) is 0 Å². The van der Waals surface area contributed by atoms with Crippen molar-refractivity contribution in [2.75, 3.05) is 0 Å². The number of oxime groups is 1. The minimum Gasteiger partial charge on any atom is -0.391 e. The molecule has 0 fully saturated rings. The molecule has 0 spiro atoms. The van der Waals surface area contributed by atoms with Gasteiger partial charge in [0.25, 0.3) is 0 Å². The van der Waals surface area contributed by atoms with Gasteiger partial charge in [0, 0.05) is 21.7 Å². The van der Waals surface area contributed by atoms with Crippen LogP contribution in [0.3, 0.4) is 0 Å². The van der Waals surface area contributed by atoms with Crippen LogP contribution in [-0.2, 0) is 11.4 Å². The molecular weight excluding hydrogens is 359 g/mol. The van der Waals surface area contributed by atoms with Gasteiger partial charge in [-0.3, -0.25) is 0 Å². The highest BCUT2D eigenvalue weighted by molar-refractivity contribution is 7.99. The maximum atomic E-state index is 12.8. The number of halogens is 2. The van der Waals surface area contributed by atoms with E-state index in [4.69, 9.17) is 16.4 Å². The van der Waals surface area contributed by atoms with E-state index in [-0.39, 0.29) is 12.4 Å². The smallest absolute Gasteiger partial charge is 0.142 e. The third-order valence-corrected chi connectivity index (χ3v) is 4.43. The molecule has 2 aromatic carbocycles. The maximum absolute atomic E-state index is 12.8. The first kappa shape index (κ1) is 17.5. The molecule has 0 amide bonds. The van der Waals surface area contributed by atoms with Crippen LogP contribution in [0.2, 0.25) is 5.02 Å². The summed E-state index contributed by atoms with van der Waals surface area (Å²) in [6.07, 6.45) is 3.32. The van der Waals surface area contributed by atoms with Crippen LogP contribution in [0.1, 0.15) is 11.1 Å². The van der Waals surface area contributed by atoms with E-state index in [0.717, 1.165) is 21.0 Å². The van der Waals surface area contributed by atoms with Crippen molar-refractivity contribution in [3.63, 3.8) is 0 Å². The Balaban J connectivity index is 1.51. The molecule has 0 aliphatic carbocycles. The molecule has 3 rings (SSSR count). The molecule has 0 N–H and O–H groups in total. The zero-order valence-corrected chi connectivity index (χ0v) is 14.7. The Kier molecular flexibility index (Phi) is 6.04. The fourth-order valence-corrected chi connectivity index (χ4v) is 2.82. The second-order valence-corrected chi connectivity index (χ2v) is 6.65. The number of aromatic nitrogens is 1. The van der Waals surface area contributed by atoms with Gasteiger partial charge in [-0.15, -0.1) is 0 Å². The molecule has 0 saturated heterocycles. The lowest BCUT2D eigenvalue weighted by Gasteiger charge is -2.02. The molecule has 25 heavy (non-hydrogen) atoms. The van der Waals surface area contributed by atoms with Gasteiger partial charge in [0.1, 0.15) is 17.5 Å². The summed E-state index contributed by atoms with van der Waals surface area (Å²) in [7, 11) is 0. The van der Waals surface area contributed by atoms with E-state index in [0.29, 0.717) is 5.02 Å². The third-order valence-electron chi connectivity index (χ3n) is 3.22. The molecule has 0 aliphatic heterocycles. The lowest BCUT2D eigenvalue weighted by molar-refractivity contribution is 0.132. The lowest BCUT2D eigenvalue weighted by atomic mass is 10.2. The first-order valence-corrected chi connectivity index (χ1v) is 8.68. The van der Waals surface area contributed by atoms with Crippen LogP contribution in [-0.4, -0.2) is 11.2 Å². The standard InChI is InChI=1S/C19H14ClFN2OS/c20-16-4-8-18(9-5-16)25-19-10-3-15(11-22-19)12-23-24-13-14-1-6-17(21)7-2-14/h1-12H,13H2/b23-12+. The number of hydrogen-bond acceptors (Lipinski definition) is 4. The van der Waals surface area contributed by atoms with Crippen LogP contribution < -0.4 is 0 Å². The Hall–Kier alpha value is -2.37. The summed E-state index contributed by atoms with van der Waals surface area (Å²) in [6.45, 7) is 0.286. The molecule has 0 aliphatic rings. The first-order valence-electron chi connectivity index (χ1n) is 7.48. The zero-order valence-electron chi connectivity index (χ0n) is 13.1. The molecular formula is C19H14ClFN2OS. The zero-order chi connectivity index (χ0) is 17.5. The summed E-state index contributed by atoms with van der Waals surface area (Å²) in [5.41, 5.74) is 1.69. The van der Waals surface area contributed by atoms with Crippen molar-refractivity contribution in [1.82, 2.24) is 4.98 Å². The van der Waals surface area contributed by atoms with Gasteiger partial charge in [-0.25, -0.2) is 9.37 Å². The SMILES string of the molecule is Fc1ccc(CO/N=C/c2ccc(Sc3ccc(Cl)cc3)nc2)cc1. The van der Waals surface area contributed by atoms with Crippen molar-refractivity contribution in [3.05, 3.63) is 88.8 Å². The van der Waals surface area contributed by atoms with E-state index >= 15 is 0 Å². The second kappa shape index (κ2) is 8.65. The van der Waals surface area contributed by atoms with Crippen molar-refractivity contribution >= 4 is 29.6 Å². The molecule has 1 heterocycles. The number of benzene rings is 2. The molecule has 3 nitrogen and oxygen atoms in total. The van der Waals surface area contributed by atoms with Gasteiger partial charge >= 0.3 is 0 Å². The molecule has 0 unspecified atom stereocenters. The van der Waals surface area contributed by atoms with Gasteiger partial charge in [-0.05, 0) is 54.1 Å². The van der Waals surface area contributed by atoms with E-state index in [2.05, 4.69) is 10.1 Å². The highest BCUT2D eigenvalue weighted by Crippen LogP contribution is 2.26. The Morgan fingerprint density at radius 2 is 1.80 bits per heavy atom. The van der Waals surface area contributed by atoms with Gasteiger partial charge < -0.3 is 4.84 Å². The Morgan fingerprint density at radius 3 is 2.48 bits per heavy atom. The molecule has 0 radical (unpaired) electrons. The molecule has 0 saturated carbocycles. The van der Waals surface area contributed by atoms with Crippen molar-refractivity contribution < 1.29 is 9.23 Å². The summed E-state index contributed by atoms with van der Waals surface area (Å²) >= 11 is 7.43. The number of nitrogens with zero attached hydrogens (tertiary/aromatic N) is 2. The Labute approximate surface area is 154 Å². The summed E-state index contributed by atoms with van der Waals surface area (Å²) in [6, 6.07) is 17.5. The molecule has 0 bridgehead atoms. The minimum atomic E-state index is -0.269. The van der Waals surface area contributed by atoms with E-state index in [1.165, 1.54) is 12.1 Å². The van der Waals surface area contributed by atoms with Gasteiger partial charge in [0.05, 0.1) is 6.21 Å². The van der Waals surface area contributed by atoms with Crippen molar-refractivity contribution in [3.8, 4) is 0 Å². The molecule has 6 heteroatoms. The molecule has 3 aromatic rings. The molecule has 0 atom stereocenters. The number of pyridine rings is 1. The number of hydrogen-bond donors (Lipinski definition) is 0. The van der Waals surface area contributed by atoms with Gasteiger partial charge in [0.2, 0.25) is 0 Å². The monoisotopic (exact) mass is 372 g/mol. The van der Waals surface area contributed by atoms with Crippen LogP contribution in [0.15, 0.2) is 81.9 Å². The number of rotatable bonds is 6. The van der Waals surface area contributed by atoms with Crippen LogP contribution in [0.4, 0.5) is 4.39 Å². The van der Waals surface area contributed by atoms with Crippen LogP contribution >= 0.6 is 23.4 Å². The highest BCUT2D eigenvalue weighted by atomic mass is 35.5. The maximum Gasteiger partial charge on any atom is 0.142 e. The fraction of sp³-hybridized carbons (Fsp3) is 0.0526. The Morgan fingerprint density at radius 1 is 1.04 bits per heavy atom. The van der Waals surface area contributed by atoms with E-state index < -0.39 is 0 Å². The van der Waals surface area contributed by atoms with Crippen molar-refractivity contribution in [2.45, 2.75) is 16.5 Å². The Bertz CT molecular complexity index is 837. The quantitative estimate of drug-likeness (QED) is 0.418. The van der Waals surface area contributed by atoms with E-state index in [1.54, 1.807) is 36.3 Å². The van der Waals surface area contributed by atoms with Crippen LogP contribution in [0.25, 0.3) is 0 Å². The highest BCUT2D eigenvalue weighted by Gasteiger charge is 1.99. The normalized spacial score (nSPS) is 11.0. The van der Waals surface area contributed by atoms with Gasteiger partial charge in [-0.1, -0.05) is 40.7 Å². The summed E-state index contributed by atoms with van der Waals surface area (Å²) in [5, 5.41) is 5.50.